The lowest BCUT2D eigenvalue weighted by molar-refractivity contribution is 0.0570. The van der Waals surface area contributed by atoms with Crippen LogP contribution in [0.3, 0.4) is 0 Å². The van der Waals surface area contributed by atoms with Gasteiger partial charge in [0.2, 0.25) is 0 Å². The van der Waals surface area contributed by atoms with Crippen molar-refractivity contribution >= 4 is 12.0 Å². The highest BCUT2D eigenvalue weighted by Gasteiger charge is 2.26. The zero-order valence-electron chi connectivity index (χ0n) is 17.2. The minimum Gasteiger partial charge on any atom is -0.494 e. The van der Waals surface area contributed by atoms with E-state index in [-0.39, 0.29) is 12.0 Å². The van der Waals surface area contributed by atoms with Crippen LogP contribution in [0, 0.1) is 0 Å². The van der Waals surface area contributed by atoms with Gasteiger partial charge in [-0.3, -0.25) is 4.79 Å². The molecule has 0 spiro atoms. The number of nitrogens with zero attached hydrogens (tertiary/aromatic N) is 2. The number of hydrogen-bond donors (Lipinski definition) is 0. The molecule has 0 N–H and O–H groups in total. The molecule has 1 heterocycles. The van der Waals surface area contributed by atoms with Crippen molar-refractivity contribution in [1.82, 2.24) is 9.80 Å². The normalized spacial score (nSPS) is 14.1. The molecule has 1 aliphatic rings. The molecule has 0 radical (unpaired) electrons. The summed E-state index contributed by atoms with van der Waals surface area (Å²) in [4.78, 5) is 28.1. The van der Waals surface area contributed by atoms with E-state index in [4.69, 9.17) is 14.2 Å². The number of amides is 2. The summed E-state index contributed by atoms with van der Waals surface area (Å²) in [6.07, 6.45) is 1.77. The summed E-state index contributed by atoms with van der Waals surface area (Å²) in [5.41, 5.74) is 1.50. The van der Waals surface area contributed by atoms with E-state index in [1.165, 1.54) is 0 Å². The van der Waals surface area contributed by atoms with Gasteiger partial charge in [0.25, 0.3) is 5.91 Å². The molecule has 0 unspecified atom stereocenters. The first-order valence-electron chi connectivity index (χ1n) is 10.1. The molecule has 0 atom stereocenters. The van der Waals surface area contributed by atoms with Crippen molar-refractivity contribution in [2.75, 3.05) is 46.0 Å². The van der Waals surface area contributed by atoms with E-state index in [0.29, 0.717) is 58.2 Å². The van der Waals surface area contributed by atoms with Gasteiger partial charge in [0.1, 0.15) is 5.75 Å². The van der Waals surface area contributed by atoms with Crippen LogP contribution in [0.1, 0.15) is 49.5 Å². The van der Waals surface area contributed by atoms with Crippen molar-refractivity contribution in [2.24, 2.45) is 0 Å². The SMILES string of the molecule is CCCCOCc1cc(C(=O)N2CCN(C(=O)OCC)CC2)ccc1OCC. The van der Waals surface area contributed by atoms with Crippen LogP contribution < -0.4 is 4.74 Å². The van der Waals surface area contributed by atoms with E-state index in [2.05, 4.69) is 6.92 Å². The number of piperazine rings is 1. The van der Waals surface area contributed by atoms with Crippen LogP contribution in [-0.2, 0) is 16.1 Å². The monoisotopic (exact) mass is 392 g/mol. The topological polar surface area (TPSA) is 68.3 Å². The second kappa shape index (κ2) is 11.5. The second-order valence-electron chi connectivity index (χ2n) is 6.64. The minimum atomic E-state index is -0.317. The fourth-order valence-corrected chi connectivity index (χ4v) is 3.04. The van der Waals surface area contributed by atoms with E-state index < -0.39 is 0 Å². The van der Waals surface area contributed by atoms with E-state index in [0.717, 1.165) is 24.2 Å². The quantitative estimate of drug-likeness (QED) is 0.603. The molecule has 1 aromatic carbocycles. The van der Waals surface area contributed by atoms with Crippen LogP contribution in [0.25, 0.3) is 0 Å². The number of rotatable bonds is 9. The van der Waals surface area contributed by atoms with Crippen LogP contribution in [0.5, 0.6) is 5.75 Å². The lowest BCUT2D eigenvalue weighted by atomic mass is 10.1. The third kappa shape index (κ3) is 6.12. The largest absolute Gasteiger partial charge is 0.494 e. The molecule has 1 aliphatic heterocycles. The molecular weight excluding hydrogens is 360 g/mol. The molecule has 28 heavy (non-hydrogen) atoms. The highest BCUT2D eigenvalue weighted by atomic mass is 16.6. The van der Waals surface area contributed by atoms with E-state index in [1.807, 2.05) is 19.1 Å². The number of benzene rings is 1. The average molecular weight is 392 g/mol. The summed E-state index contributed by atoms with van der Waals surface area (Å²) >= 11 is 0. The predicted molar refractivity (Wildman–Crippen MR) is 107 cm³/mol. The third-order valence-electron chi connectivity index (χ3n) is 4.60. The van der Waals surface area contributed by atoms with Crippen molar-refractivity contribution in [3.8, 4) is 5.75 Å². The maximum Gasteiger partial charge on any atom is 0.409 e. The van der Waals surface area contributed by atoms with Gasteiger partial charge in [0.05, 0.1) is 19.8 Å². The molecule has 1 fully saturated rings. The Morgan fingerprint density at radius 2 is 1.71 bits per heavy atom. The Morgan fingerprint density at radius 3 is 2.36 bits per heavy atom. The van der Waals surface area contributed by atoms with Gasteiger partial charge in [-0.2, -0.15) is 0 Å². The van der Waals surface area contributed by atoms with Gasteiger partial charge in [-0.15, -0.1) is 0 Å². The first-order valence-corrected chi connectivity index (χ1v) is 10.1. The second-order valence-corrected chi connectivity index (χ2v) is 6.64. The number of hydrogen-bond acceptors (Lipinski definition) is 5. The number of unbranched alkanes of at least 4 members (excludes halogenated alkanes) is 1. The molecule has 1 saturated heterocycles. The lowest BCUT2D eigenvalue weighted by Gasteiger charge is -2.34. The molecule has 1 aromatic rings. The molecule has 0 saturated carbocycles. The molecule has 0 aromatic heterocycles. The molecule has 7 nitrogen and oxygen atoms in total. The Hall–Kier alpha value is -2.28. The number of ether oxygens (including phenoxy) is 3. The van der Waals surface area contributed by atoms with E-state index >= 15 is 0 Å². The standard InChI is InChI=1S/C21H32N2O5/c1-4-7-14-26-16-18-15-17(8-9-19(18)27-5-2)20(24)22-10-12-23(13-11-22)21(25)28-6-3/h8-9,15H,4-7,10-14,16H2,1-3H3. The fourth-order valence-electron chi connectivity index (χ4n) is 3.04. The highest BCUT2D eigenvalue weighted by molar-refractivity contribution is 5.94. The average Bonchev–Trinajstić information content (AvgIpc) is 2.72. The van der Waals surface area contributed by atoms with E-state index in [1.54, 1.807) is 22.8 Å². The smallest absolute Gasteiger partial charge is 0.409 e. The number of carbonyl (C=O) groups excluding carboxylic acids is 2. The Morgan fingerprint density at radius 1 is 1.00 bits per heavy atom. The van der Waals surface area contributed by atoms with Crippen LogP contribution in [0.2, 0.25) is 0 Å². The van der Waals surface area contributed by atoms with Crippen molar-refractivity contribution in [3.05, 3.63) is 29.3 Å². The van der Waals surface area contributed by atoms with Gasteiger partial charge in [-0.1, -0.05) is 13.3 Å². The Balaban J connectivity index is 2.01. The van der Waals surface area contributed by atoms with Crippen molar-refractivity contribution in [1.29, 1.82) is 0 Å². The zero-order valence-corrected chi connectivity index (χ0v) is 17.2. The van der Waals surface area contributed by atoms with Gasteiger partial charge >= 0.3 is 6.09 Å². The fraction of sp³-hybridized carbons (Fsp3) is 0.619. The third-order valence-corrected chi connectivity index (χ3v) is 4.60. The maximum atomic E-state index is 12.9. The first kappa shape index (κ1) is 22.0. The summed E-state index contributed by atoms with van der Waals surface area (Å²) in [7, 11) is 0. The van der Waals surface area contributed by atoms with Crippen LogP contribution in [-0.4, -0.2) is 67.8 Å². The first-order chi connectivity index (χ1) is 13.6. The number of carbonyl (C=O) groups is 2. The van der Waals surface area contributed by atoms with Gasteiger partial charge in [0, 0.05) is 43.9 Å². The Bertz CT molecular complexity index is 642. The van der Waals surface area contributed by atoms with Gasteiger partial charge in [-0.05, 0) is 38.5 Å². The van der Waals surface area contributed by atoms with Crippen LogP contribution >= 0.6 is 0 Å². The summed E-state index contributed by atoms with van der Waals surface area (Å²) in [5, 5.41) is 0. The molecular formula is C21H32N2O5. The molecule has 2 amide bonds. The van der Waals surface area contributed by atoms with Crippen molar-refractivity contribution in [3.63, 3.8) is 0 Å². The van der Waals surface area contributed by atoms with Gasteiger partial charge in [0.15, 0.2) is 0 Å². The van der Waals surface area contributed by atoms with Crippen molar-refractivity contribution in [2.45, 2.75) is 40.2 Å². The van der Waals surface area contributed by atoms with Gasteiger partial charge < -0.3 is 24.0 Å². The molecule has 0 aliphatic carbocycles. The molecule has 2 rings (SSSR count). The summed E-state index contributed by atoms with van der Waals surface area (Å²) in [6, 6.07) is 5.49. The summed E-state index contributed by atoms with van der Waals surface area (Å²) in [6.45, 7) is 9.82. The zero-order chi connectivity index (χ0) is 20.4. The van der Waals surface area contributed by atoms with Crippen LogP contribution in [0.15, 0.2) is 18.2 Å². The summed E-state index contributed by atoms with van der Waals surface area (Å²) < 4.78 is 16.4. The van der Waals surface area contributed by atoms with Gasteiger partial charge in [-0.25, -0.2) is 4.79 Å². The Kier molecular flexibility index (Phi) is 9.07. The predicted octanol–water partition coefficient (Wildman–Crippen LogP) is 3.32. The lowest BCUT2D eigenvalue weighted by Crippen LogP contribution is -2.50. The molecule has 156 valence electrons. The minimum absolute atomic E-state index is 0.0404. The Labute approximate surface area is 167 Å². The molecule has 7 heteroatoms. The highest BCUT2D eigenvalue weighted by Crippen LogP contribution is 2.23. The summed E-state index contributed by atoms with van der Waals surface area (Å²) in [5.74, 6) is 0.712. The van der Waals surface area contributed by atoms with Crippen molar-refractivity contribution < 1.29 is 23.8 Å². The van der Waals surface area contributed by atoms with Crippen LogP contribution in [0.4, 0.5) is 4.79 Å². The molecule has 0 bridgehead atoms. The maximum absolute atomic E-state index is 12.9. The van der Waals surface area contributed by atoms with E-state index in [9.17, 15) is 9.59 Å².